The Kier molecular flexibility index (Phi) is 5.04. The first kappa shape index (κ1) is 11.9. The normalized spacial score (nSPS) is 12.5. The summed E-state index contributed by atoms with van der Waals surface area (Å²) in [5.41, 5.74) is 6.22. The lowest BCUT2D eigenvalue weighted by Gasteiger charge is -2.11. The average molecular weight is 209 g/mol. The Morgan fingerprint density at radius 3 is 2.93 bits per heavy atom. The van der Waals surface area contributed by atoms with Crippen molar-refractivity contribution in [2.24, 2.45) is 11.7 Å². The van der Waals surface area contributed by atoms with Gasteiger partial charge in [-0.3, -0.25) is 4.98 Å². The molecular weight excluding hydrogens is 190 g/mol. The predicted molar refractivity (Wildman–Crippen MR) is 59.5 cm³/mol. The van der Waals surface area contributed by atoms with E-state index in [1.165, 1.54) is 12.8 Å². The van der Waals surface area contributed by atoms with Crippen molar-refractivity contribution in [3.8, 4) is 5.88 Å². The zero-order valence-electron chi connectivity index (χ0n) is 9.44. The smallest absolute Gasteiger partial charge is 0.232 e. The topological polar surface area (TPSA) is 61.0 Å². The first-order valence-corrected chi connectivity index (χ1v) is 5.40. The summed E-state index contributed by atoms with van der Waals surface area (Å²) in [6.45, 7) is 5.43. The summed E-state index contributed by atoms with van der Waals surface area (Å²) < 4.78 is 5.53. The standard InChI is InChI=1S/C11H19N3O/c1-3-4-9(2)8-15-11-7-13-6-10(5-12)14-11/h6-7,9H,3-5,8,12H2,1-2H3. The van der Waals surface area contributed by atoms with Gasteiger partial charge in [-0.25, -0.2) is 4.98 Å². The van der Waals surface area contributed by atoms with Gasteiger partial charge in [0.1, 0.15) is 0 Å². The molecule has 0 saturated heterocycles. The van der Waals surface area contributed by atoms with Gasteiger partial charge < -0.3 is 10.5 Å². The van der Waals surface area contributed by atoms with Gasteiger partial charge in [0.2, 0.25) is 5.88 Å². The Hall–Kier alpha value is -1.16. The van der Waals surface area contributed by atoms with E-state index in [0.29, 0.717) is 24.9 Å². The van der Waals surface area contributed by atoms with E-state index in [1.54, 1.807) is 12.4 Å². The molecule has 0 aliphatic rings. The van der Waals surface area contributed by atoms with Crippen molar-refractivity contribution in [1.29, 1.82) is 0 Å². The van der Waals surface area contributed by atoms with Crippen LogP contribution in [0.3, 0.4) is 0 Å². The van der Waals surface area contributed by atoms with Crippen LogP contribution in [0.15, 0.2) is 12.4 Å². The second-order valence-electron chi connectivity index (χ2n) is 3.76. The summed E-state index contributed by atoms with van der Waals surface area (Å²) in [7, 11) is 0. The van der Waals surface area contributed by atoms with Crippen molar-refractivity contribution in [2.45, 2.75) is 33.2 Å². The molecule has 0 fully saturated rings. The molecule has 1 heterocycles. The van der Waals surface area contributed by atoms with Crippen LogP contribution in [-0.4, -0.2) is 16.6 Å². The molecule has 1 unspecified atom stereocenters. The maximum absolute atomic E-state index is 5.53. The molecule has 0 saturated carbocycles. The summed E-state index contributed by atoms with van der Waals surface area (Å²) in [5.74, 6) is 1.12. The van der Waals surface area contributed by atoms with Crippen LogP contribution in [0.2, 0.25) is 0 Å². The van der Waals surface area contributed by atoms with Crippen LogP contribution in [0.25, 0.3) is 0 Å². The lowest BCUT2D eigenvalue weighted by atomic mass is 10.1. The van der Waals surface area contributed by atoms with Crippen LogP contribution in [-0.2, 0) is 6.54 Å². The second kappa shape index (κ2) is 6.35. The Labute approximate surface area is 90.9 Å². The van der Waals surface area contributed by atoms with Crippen molar-refractivity contribution in [3.05, 3.63) is 18.1 Å². The summed E-state index contributed by atoms with van der Waals surface area (Å²) >= 11 is 0. The van der Waals surface area contributed by atoms with Crippen molar-refractivity contribution < 1.29 is 4.74 Å². The third-order valence-corrected chi connectivity index (χ3v) is 2.17. The Morgan fingerprint density at radius 2 is 2.27 bits per heavy atom. The van der Waals surface area contributed by atoms with E-state index in [4.69, 9.17) is 10.5 Å². The van der Waals surface area contributed by atoms with Crippen LogP contribution in [0.1, 0.15) is 32.4 Å². The maximum Gasteiger partial charge on any atom is 0.232 e. The van der Waals surface area contributed by atoms with E-state index in [2.05, 4.69) is 23.8 Å². The number of ether oxygens (including phenoxy) is 1. The maximum atomic E-state index is 5.53. The molecule has 2 N–H and O–H groups in total. The summed E-state index contributed by atoms with van der Waals surface area (Å²) in [6, 6.07) is 0. The van der Waals surface area contributed by atoms with E-state index in [1.807, 2.05) is 0 Å². The molecule has 0 aliphatic heterocycles. The minimum atomic E-state index is 0.398. The molecule has 1 aromatic rings. The van der Waals surface area contributed by atoms with Crippen molar-refractivity contribution in [2.75, 3.05) is 6.61 Å². The lowest BCUT2D eigenvalue weighted by Crippen LogP contribution is -2.10. The van der Waals surface area contributed by atoms with Crippen LogP contribution in [0, 0.1) is 5.92 Å². The molecule has 15 heavy (non-hydrogen) atoms. The number of nitrogens with two attached hydrogens (primary N) is 1. The minimum absolute atomic E-state index is 0.398. The number of aromatic nitrogens is 2. The number of nitrogens with zero attached hydrogens (tertiary/aromatic N) is 2. The van der Waals surface area contributed by atoms with E-state index in [0.717, 1.165) is 5.69 Å². The van der Waals surface area contributed by atoms with Gasteiger partial charge in [0.05, 0.1) is 18.5 Å². The summed E-state index contributed by atoms with van der Waals surface area (Å²) in [4.78, 5) is 8.23. The fraction of sp³-hybridized carbons (Fsp3) is 0.636. The van der Waals surface area contributed by atoms with Crippen molar-refractivity contribution in [3.63, 3.8) is 0 Å². The van der Waals surface area contributed by atoms with E-state index >= 15 is 0 Å². The van der Waals surface area contributed by atoms with E-state index in [9.17, 15) is 0 Å². The molecular formula is C11H19N3O. The average Bonchev–Trinajstić information content (AvgIpc) is 2.27. The van der Waals surface area contributed by atoms with Crippen LogP contribution in [0.4, 0.5) is 0 Å². The van der Waals surface area contributed by atoms with Gasteiger partial charge in [-0.1, -0.05) is 20.3 Å². The lowest BCUT2D eigenvalue weighted by molar-refractivity contribution is 0.241. The SMILES string of the molecule is CCCC(C)COc1cncc(CN)n1. The Bertz CT molecular complexity index is 291. The Morgan fingerprint density at radius 1 is 1.47 bits per heavy atom. The van der Waals surface area contributed by atoms with Crippen molar-refractivity contribution in [1.82, 2.24) is 9.97 Å². The fourth-order valence-electron chi connectivity index (χ4n) is 1.36. The predicted octanol–water partition coefficient (Wildman–Crippen LogP) is 1.75. The largest absolute Gasteiger partial charge is 0.476 e. The zero-order chi connectivity index (χ0) is 11.1. The van der Waals surface area contributed by atoms with Gasteiger partial charge in [-0.15, -0.1) is 0 Å². The van der Waals surface area contributed by atoms with Gasteiger partial charge in [0.25, 0.3) is 0 Å². The molecule has 1 atom stereocenters. The second-order valence-corrected chi connectivity index (χ2v) is 3.76. The van der Waals surface area contributed by atoms with Gasteiger partial charge >= 0.3 is 0 Å². The molecule has 0 amide bonds. The number of hydrogen-bond donors (Lipinski definition) is 1. The molecule has 0 aliphatic carbocycles. The van der Waals surface area contributed by atoms with Gasteiger partial charge in [-0.2, -0.15) is 0 Å². The molecule has 84 valence electrons. The van der Waals surface area contributed by atoms with Gasteiger partial charge in [-0.05, 0) is 12.3 Å². The summed E-state index contributed by atoms with van der Waals surface area (Å²) in [5, 5.41) is 0. The first-order valence-electron chi connectivity index (χ1n) is 5.40. The Balaban J connectivity index is 2.43. The third kappa shape index (κ3) is 4.25. The molecule has 0 aromatic carbocycles. The first-order chi connectivity index (χ1) is 7.26. The highest BCUT2D eigenvalue weighted by Crippen LogP contribution is 2.09. The van der Waals surface area contributed by atoms with Crippen LogP contribution >= 0.6 is 0 Å². The molecule has 4 heteroatoms. The zero-order valence-corrected chi connectivity index (χ0v) is 9.44. The van der Waals surface area contributed by atoms with Crippen molar-refractivity contribution >= 4 is 0 Å². The molecule has 4 nitrogen and oxygen atoms in total. The monoisotopic (exact) mass is 209 g/mol. The fourth-order valence-corrected chi connectivity index (χ4v) is 1.36. The highest BCUT2D eigenvalue weighted by atomic mass is 16.5. The van der Waals surface area contributed by atoms with Gasteiger partial charge in [0, 0.05) is 12.7 Å². The van der Waals surface area contributed by atoms with E-state index < -0.39 is 0 Å². The summed E-state index contributed by atoms with van der Waals surface area (Å²) in [6.07, 6.45) is 5.63. The molecule has 0 bridgehead atoms. The number of hydrogen-bond acceptors (Lipinski definition) is 4. The number of rotatable bonds is 6. The van der Waals surface area contributed by atoms with Crippen LogP contribution in [0.5, 0.6) is 5.88 Å². The van der Waals surface area contributed by atoms with E-state index in [-0.39, 0.29) is 0 Å². The molecule has 0 spiro atoms. The molecule has 1 rings (SSSR count). The van der Waals surface area contributed by atoms with Gasteiger partial charge in [0.15, 0.2) is 0 Å². The highest BCUT2D eigenvalue weighted by Gasteiger charge is 2.03. The van der Waals surface area contributed by atoms with Crippen LogP contribution < -0.4 is 10.5 Å². The highest BCUT2D eigenvalue weighted by molar-refractivity contribution is 5.07. The minimum Gasteiger partial charge on any atom is -0.476 e. The molecule has 1 aromatic heterocycles. The quantitative estimate of drug-likeness (QED) is 0.775. The third-order valence-electron chi connectivity index (χ3n) is 2.17. The molecule has 0 radical (unpaired) electrons.